The zero-order valence-corrected chi connectivity index (χ0v) is 11.7. The normalized spacial score (nSPS) is 24.9. The largest absolute Gasteiger partial charge is 0.363 e. The highest BCUT2D eigenvalue weighted by Gasteiger charge is 2.17. The van der Waals surface area contributed by atoms with Crippen molar-refractivity contribution in [2.75, 3.05) is 13.2 Å². The van der Waals surface area contributed by atoms with Gasteiger partial charge in [-0.2, -0.15) is 0 Å². The molecule has 1 heterocycles. The zero-order valence-electron chi connectivity index (χ0n) is 9.28. The number of hydrogen-bond acceptors (Lipinski definition) is 2. The second-order valence-corrected chi connectivity index (χ2v) is 5.09. The lowest BCUT2D eigenvalue weighted by atomic mass is 10.1. The smallest absolute Gasteiger partial charge is 0.112 e. The van der Waals surface area contributed by atoms with Crippen molar-refractivity contribution in [3.63, 3.8) is 0 Å². The molecule has 2 unspecified atom stereocenters. The highest BCUT2D eigenvalue weighted by molar-refractivity contribution is 9.10. The Morgan fingerprint density at radius 1 is 1.50 bits per heavy atom. The minimum absolute atomic E-state index is 0. The highest BCUT2D eigenvalue weighted by Crippen LogP contribution is 2.15. The molecule has 1 fully saturated rings. The first-order valence-corrected chi connectivity index (χ1v) is 6.13. The minimum Gasteiger partial charge on any atom is -0.363 e. The van der Waals surface area contributed by atoms with E-state index in [9.17, 15) is 0 Å². The van der Waals surface area contributed by atoms with E-state index in [0.717, 1.165) is 24.0 Å². The van der Waals surface area contributed by atoms with Crippen LogP contribution in [0.2, 0.25) is 0 Å². The lowest BCUT2D eigenvalue weighted by molar-refractivity contribution is -0.0228. The molecule has 0 spiro atoms. The van der Waals surface area contributed by atoms with E-state index in [1.165, 1.54) is 5.56 Å². The van der Waals surface area contributed by atoms with Gasteiger partial charge in [-0.25, -0.2) is 0 Å². The van der Waals surface area contributed by atoms with Gasteiger partial charge in [-0.15, -0.1) is 12.4 Å². The Morgan fingerprint density at radius 3 is 2.94 bits per heavy atom. The van der Waals surface area contributed by atoms with Gasteiger partial charge in [0.2, 0.25) is 0 Å². The molecule has 90 valence electrons. The van der Waals surface area contributed by atoms with Gasteiger partial charge in [0, 0.05) is 17.4 Å². The summed E-state index contributed by atoms with van der Waals surface area (Å²) in [7, 11) is 0. The summed E-state index contributed by atoms with van der Waals surface area (Å²) in [5, 5.41) is 3.40. The van der Waals surface area contributed by atoms with Gasteiger partial charge in [0.05, 0.1) is 6.61 Å². The summed E-state index contributed by atoms with van der Waals surface area (Å²) in [4.78, 5) is 0. The number of rotatable bonds is 2. The van der Waals surface area contributed by atoms with Crippen LogP contribution < -0.4 is 5.32 Å². The summed E-state index contributed by atoms with van der Waals surface area (Å²) in [5.41, 5.74) is 1.30. The van der Waals surface area contributed by atoms with Crippen LogP contribution >= 0.6 is 28.3 Å². The van der Waals surface area contributed by atoms with Crippen LogP contribution in [0, 0.1) is 5.92 Å². The molecule has 0 aliphatic carbocycles. The molecular weight excluding hydrogens is 289 g/mol. The molecular formula is C12H17BrClNO. The van der Waals surface area contributed by atoms with Crippen molar-refractivity contribution in [1.82, 2.24) is 5.32 Å². The first-order valence-electron chi connectivity index (χ1n) is 5.33. The maximum atomic E-state index is 5.71. The molecule has 1 aliphatic heterocycles. The fraction of sp³-hybridized carbons (Fsp3) is 0.500. The van der Waals surface area contributed by atoms with Crippen LogP contribution in [0.5, 0.6) is 0 Å². The molecule has 4 heteroatoms. The molecule has 1 aromatic rings. The Hall–Kier alpha value is -0.0900. The average Bonchev–Trinajstić information content (AvgIpc) is 2.22. The van der Waals surface area contributed by atoms with Crippen LogP contribution in [0.3, 0.4) is 0 Å². The second kappa shape index (κ2) is 6.60. The fourth-order valence-corrected chi connectivity index (χ4v) is 2.19. The van der Waals surface area contributed by atoms with Gasteiger partial charge in [0.15, 0.2) is 0 Å². The predicted molar refractivity (Wildman–Crippen MR) is 72.0 cm³/mol. The van der Waals surface area contributed by atoms with E-state index >= 15 is 0 Å². The van der Waals surface area contributed by atoms with Crippen molar-refractivity contribution in [2.45, 2.75) is 19.6 Å². The monoisotopic (exact) mass is 305 g/mol. The van der Waals surface area contributed by atoms with Gasteiger partial charge in [-0.3, -0.25) is 5.32 Å². The van der Waals surface area contributed by atoms with Crippen LogP contribution in [-0.2, 0) is 11.2 Å². The molecule has 1 aromatic carbocycles. The third-order valence-electron chi connectivity index (χ3n) is 2.59. The van der Waals surface area contributed by atoms with E-state index in [-0.39, 0.29) is 18.6 Å². The van der Waals surface area contributed by atoms with Crippen LogP contribution in [0.4, 0.5) is 0 Å². The van der Waals surface area contributed by atoms with Crippen LogP contribution in [0.25, 0.3) is 0 Å². The summed E-state index contributed by atoms with van der Waals surface area (Å²) < 4.78 is 6.84. The molecule has 16 heavy (non-hydrogen) atoms. The third kappa shape index (κ3) is 4.06. The number of halogens is 2. The van der Waals surface area contributed by atoms with Crippen molar-refractivity contribution < 1.29 is 4.74 Å². The molecule has 2 atom stereocenters. The maximum Gasteiger partial charge on any atom is 0.112 e. The van der Waals surface area contributed by atoms with Crippen LogP contribution in [0.1, 0.15) is 12.5 Å². The molecule has 0 aromatic heterocycles. The Kier molecular flexibility index (Phi) is 5.76. The van der Waals surface area contributed by atoms with Crippen molar-refractivity contribution in [3.05, 3.63) is 34.3 Å². The molecule has 0 bridgehead atoms. The quantitative estimate of drug-likeness (QED) is 0.907. The first kappa shape index (κ1) is 14.0. The van der Waals surface area contributed by atoms with E-state index in [4.69, 9.17) is 4.74 Å². The molecule has 0 radical (unpaired) electrons. The lowest BCUT2D eigenvalue weighted by Gasteiger charge is -2.28. The SMILES string of the molecule is CC1CNC(Cc2cccc(Br)c2)OC1.Cl. The Morgan fingerprint density at radius 2 is 2.31 bits per heavy atom. The Bertz CT molecular complexity index is 327. The third-order valence-corrected chi connectivity index (χ3v) is 3.08. The highest BCUT2D eigenvalue weighted by atomic mass is 79.9. The van der Waals surface area contributed by atoms with Crippen LogP contribution in [0.15, 0.2) is 28.7 Å². The summed E-state index contributed by atoms with van der Waals surface area (Å²) in [6.45, 7) is 4.12. The van der Waals surface area contributed by atoms with Crippen molar-refractivity contribution in [2.24, 2.45) is 5.92 Å². The molecule has 2 nitrogen and oxygen atoms in total. The molecule has 1 N–H and O–H groups in total. The van der Waals surface area contributed by atoms with E-state index in [1.54, 1.807) is 0 Å². The number of benzene rings is 1. The Balaban J connectivity index is 0.00000128. The molecule has 1 aliphatic rings. The maximum absolute atomic E-state index is 5.71. The zero-order chi connectivity index (χ0) is 10.7. The molecule has 0 saturated carbocycles. The number of ether oxygens (including phenoxy) is 1. The van der Waals surface area contributed by atoms with E-state index in [2.05, 4.69) is 46.4 Å². The lowest BCUT2D eigenvalue weighted by Crippen LogP contribution is -2.43. The van der Waals surface area contributed by atoms with Crippen molar-refractivity contribution in [1.29, 1.82) is 0 Å². The summed E-state index contributed by atoms with van der Waals surface area (Å²) in [6.07, 6.45) is 1.11. The second-order valence-electron chi connectivity index (χ2n) is 4.17. The molecule has 1 saturated heterocycles. The molecule has 0 amide bonds. The topological polar surface area (TPSA) is 21.3 Å². The predicted octanol–water partition coefficient (Wildman–Crippen LogP) is 3.00. The Labute approximate surface area is 111 Å². The summed E-state index contributed by atoms with van der Waals surface area (Å²) >= 11 is 3.48. The van der Waals surface area contributed by atoms with Crippen LogP contribution in [-0.4, -0.2) is 19.4 Å². The van der Waals surface area contributed by atoms with Gasteiger partial charge in [-0.1, -0.05) is 35.0 Å². The van der Waals surface area contributed by atoms with Crippen molar-refractivity contribution >= 4 is 28.3 Å². The van der Waals surface area contributed by atoms with Crippen molar-refractivity contribution in [3.8, 4) is 0 Å². The molecule has 2 rings (SSSR count). The van der Waals surface area contributed by atoms with Gasteiger partial charge >= 0.3 is 0 Å². The number of hydrogen-bond donors (Lipinski definition) is 1. The van der Waals surface area contributed by atoms with Gasteiger partial charge < -0.3 is 4.74 Å². The fourth-order valence-electron chi connectivity index (χ4n) is 1.74. The van der Waals surface area contributed by atoms with E-state index in [0.29, 0.717) is 5.92 Å². The van der Waals surface area contributed by atoms with Gasteiger partial charge in [-0.05, 0) is 23.6 Å². The summed E-state index contributed by atoms with van der Waals surface area (Å²) in [6, 6.07) is 8.38. The van der Waals surface area contributed by atoms with Gasteiger partial charge in [0.25, 0.3) is 0 Å². The summed E-state index contributed by atoms with van der Waals surface area (Å²) in [5.74, 6) is 0.628. The number of nitrogens with one attached hydrogen (secondary N) is 1. The van der Waals surface area contributed by atoms with Gasteiger partial charge in [0.1, 0.15) is 6.23 Å². The minimum atomic E-state index is 0. The first-order chi connectivity index (χ1) is 7.24. The van der Waals surface area contributed by atoms with E-state index < -0.39 is 0 Å². The standard InChI is InChI=1S/C12H16BrNO.ClH/c1-9-7-14-12(15-8-9)6-10-3-2-4-11(13)5-10;/h2-5,9,12,14H,6-8H2,1H3;1H. The average molecular weight is 307 g/mol. The van der Waals surface area contributed by atoms with E-state index in [1.807, 2.05) is 6.07 Å².